The number of rotatable bonds is 35. The standard InChI is InChI=1S/C42H77N2O6P/c1-6-8-10-12-14-16-18-20-21-22-23-24-26-28-30-32-34-36-42(46)43-40(39-50-51(47,48)49-38-37-44(3,4)5)41(45)35-33-31-29-27-25-19-17-15-13-11-9-7-2/h13-16,20-21,25,27,33,35,40-41,45H,6-12,17-19,22-24,26,28-32,34,36-39H2,1-5H3,(H-,43,46,47,48)/p+1/b15-13+,16-14-,21-20-,27-25+,35-33+. The predicted molar refractivity (Wildman–Crippen MR) is 217 cm³/mol. The first-order valence-corrected chi connectivity index (χ1v) is 21.7. The largest absolute Gasteiger partial charge is 0.472 e. The Labute approximate surface area is 313 Å². The van der Waals surface area contributed by atoms with Crippen molar-refractivity contribution in [3.05, 3.63) is 60.8 Å². The van der Waals surface area contributed by atoms with Gasteiger partial charge in [0.1, 0.15) is 13.2 Å². The van der Waals surface area contributed by atoms with Gasteiger partial charge in [0.05, 0.1) is 39.9 Å². The lowest BCUT2D eigenvalue weighted by Gasteiger charge is -2.25. The Morgan fingerprint density at radius 1 is 0.667 bits per heavy atom. The molecule has 8 nitrogen and oxygen atoms in total. The molecule has 3 N–H and O–H groups in total. The van der Waals surface area contributed by atoms with Gasteiger partial charge in [-0.2, -0.15) is 0 Å². The highest BCUT2D eigenvalue weighted by atomic mass is 31.2. The van der Waals surface area contributed by atoms with Crippen LogP contribution in [0.25, 0.3) is 0 Å². The lowest BCUT2D eigenvalue weighted by molar-refractivity contribution is -0.870. The summed E-state index contributed by atoms with van der Waals surface area (Å²) in [7, 11) is 1.53. The van der Waals surface area contributed by atoms with Crippen molar-refractivity contribution in [1.82, 2.24) is 5.32 Å². The second kappa shape index (κ2) is 34.0. The number of carbonyl (C=O) groups is 1. The van der Waals surface area contributed by atoms with Gasteiger partial charge in [0.2, 0.25) is 5.91 Å². The first-order chi connectivity index (χ1) is 24.5. The summed E-state index contributed by atoms with van der Waals surface area (Å²) in [5.41, 5.74) is 0. The fraction of sp³-hybridized carbons (Fsp3) is 0.738. The molecule has 296 valence electrons. The van der Waals surface area contributed by atoms with E-state index in [0.29, 0.717) is 17.4 Å². The number of unbranched alkanes of at least 4 members (excludes halogenated alkanes) is 14. The summed E-state index contributed by atoms with van der Waals surface area (Å²) in [6.07, 6.45) is 42.8. The summed E-state index contributed by atoms with van der Waals surface area (Å²) in [4.78, 5) is 23.0. The van der Waals surface area contributed by atoms with Gasteiger partial charge in [-0.25, -0.2) is 4.57 Å². The van der Waals surface area contributed by atoms with Crippen molar-refractivity contribution in [1.29, 1.82) is 0 Å². The van der Waals surface area contributed by atoms with Gasteiger partial charge in [-0.15, -0.1) is 0 Å². The van der Waals surface area contributed by atoms with E-state index < -0.39 is 20.0 Å². The van der Waals surface area contributed by atoms with E-state index in [1.165, 1.54) is 57.8 Å². The molecule has 0 spiro atoms. The van der Waals surface area contributed by atoms with Crippen molar-refractivity contribution in [2.45, 2.75) is 161 Å². The molecule has 0 heterocycles. The quantitative estimate of drug-likeness (QED) is 0.0259. The Morgan fingerprint density at radius 2 is 1.16 bits per heavy atom. The first kappa shape index (κ1) is 49.2. The molecule has 3 unspecified atom stereocenters. The average Bonchev–Trinajstić information content (AvgIpc) is 3.07. The second-order valence-electron chi connectivity index (χ2n) is 14.6. The second-order valence-corrected chi connectivity index (χ2v) is 16.1. The zero-order chi connectivity index (χ0) is 37.9. The minimum absolute atomic E-state index is 0.0492. The molecule has 0 aromatic heterocycles. The molecule has 0 aromatic carbocycles. The van der Waals surface area contributed by atoms with E-state index in [1.54, 1.807) is 6.08 Å². The molecular formula is C42H78N2O6P+. The van der Waals surface area contributed by atoms with Crippen LogP contribution in [-0.4, -0.2) is 73.4 Å². The van der Waals surface area contributed by atoms with Crippen LogP contribution in [0.15, 0.2) is 60.8 Å². The predicted octanol–water partition coefficient (Wildman–Crippen LogP) is 10.7. The monoisotopic (exact) mass is 738 g/mol. The minimum Gasteiger partial charge on any atom is -0.387 e. The van der Waals surface area contributed by atoms with Gasteiger partial charge in [-0.05, 0) is 70.6 Å². The van der Waals surface area contributed by atoms with Gasteiger partial charge >= 0.3 is 7.82 Å². The summed E-state index contributed by atoms with van der Waals surface area (Å²) in [6.45, 7) is 4.67. The maximum Gasteiger partial charge on any atom is 0.472 e. The number of hydrogen-bond donors (Lipinski definition) is 3. The zero-order valence-electron chi connectivity index (χ0n) is 33.3. The third-order valence-corrected chi connectivity index (χ3v) is 9.42. The molecule has 51 heavy (non-hydrogen) atoms. The number of aliphatic hydroxyl groups is 1. The molecule has 0 aromatic rings. The Morgan fingerprint density at radius 3 is 1.75 bits per heavy atom. The number of phosphoric ester groups is 1. The van der Waals surface area contributed by atoms with Gasteiger partial charge in [-0.3, -0.25) is 13.8 Å². The molecule has 0 aliphatic heterocycles. The maximum atomic E-state index is 12.8. The molecular weight excluding hydrogens is 659 g/mol. The van der Waals surface area contributed by atoms with Crippen LogP contribution in [0.3, 0.4) is 0 Å². The number of nitrogens with one attached hydrogen (secondary N) is 1. The lowest BCUT2D eigenvalue weighted by Crippen LogP contribution is -2.45. The van der Waals surface area contributed by atoms with Crippen molar-refractivity contribution in [2.75, 3.05) is 40.9 Å². The number of amides is 1. The molecule has 0 aliphatic rings. The van der Waals surface area contributed by atoms with E-state index in [1.807, 2.05) is 27.2 Å². The van der Waals surface area contributed by atoms with Gasteiger partial charge in [0, 0.05) is 6.42 Å². The molecule has 0 bridgehead atoms. The van der Waals surface area contributed by atoms with Crippen LogP contribution in [0, 0.1) is 0 Å². The number of allylic oxidation sites excluding steroid dienone is 9. The van der Waals surface area contributed by atoms with Crippen molar-refractivity contribution in [3.63, 3.8) is 0 Å². The molecule has 0 saturated carbocycles. The number of hydrogen-bond acceptors (Lipinski definition) is 5. The van der Waals surface area contributed by atoms with Crippen molar-refractivity contribution in [2.24, 2.45) is 0 Å². The Kier molecular flexibility index (Phi) is 32.8. The highest BCUT2D eigenvalue weighted by Gasteiger charge is 2.27. The van der Waals surface area contributed by atoms with E-state index in [4.69, 9.17) is 9.05 Å². The summed E-state index contributed by atoms with van der Waals surface area (Å²) in [6, 6.07) is -0.873. The third-order valence-electron chi connectivity index (χ3n) is 8.44. The minimum atomic E-state index is -4.35. The number of quaternary nitrogens is 1. The van der Waals surface area contributed by atoms with Crippen LogP contribution in [0.4, 0.5) is 0 Å². The van der Waals surface area contributed by atoms with E-state index >= 15 is 0 Å². The van der Waals surface area contributed by atoms with E-state index in [9.17, 15) is 19.4 Å². The molecule has 0 fully saturated rings. The number of aliphatic hydroxyl groups excluding tert-OH is 1. The molecule has 9 heteroatoms. The van der Waals surface area contributed by atoms with E-state index in [-0.39, 0.29) is 19.1 Å². The topological polar surface area (TPSA) is 105 Å². The third kappa shape index (κ3) is 36.4. The molecule has 0 saturated heterocycles. The van der Waals surface area contributed by atoms with E-state index in [0.717, 1.165) is 70.6 Å². The number of phosphoric acid groups is 1. The first-order valence-electron chi connectivity index (χ1n) is 20.2. The molecule has 0 radical (unpaired) electrons. The summed E-state index contributed by atoms with van der Waals surface area (Å²) in [5, 5.41) is 13.7. The van der Waals surface area contributed by atoms with Crippen LogP contribution in [0.5, 0.6) is 0 Å². The SMILES string of the molecule is CCCC/C=C/CC/C=C/CC/C=C/C(O)C(COP(=O)(O)OCC[N+](C)(C)C)NC(=O)CCCCCCCCC/C=C\C/C=C\CCCCC. The van der Waals surface area contributed by atoms with Crippen LogP contribution in [0.2, 0.25) is 0 Å². The Bertz CT molecular complexity index is 1020. The summed E-state index contributed by atoms with van der Waals surface area (Å²) in [5.74, 6) is -0.205. The summed E-state index contributed by atoms with van der Waals surface area (Å²) < 4.78 is 23.4. The van der Waals surface area contributed by atoms with Crippen LogP contribution < -0.4 is 5.32 Å². The van der Waals surface area contributed by atoms with Crippen molar-refractivity contribution >= 4 is 13.7 Å². The van der Waals surface area contributed by atoms with Gasteiger partial charge in [0.25, 0.3) is 0 Å². The fourth-order valence-electron chi connectivity index (χ4n) is 5.14. The van der Waals surface area contributed by atoms with Crippen LogP contribution in [0.1, 0.15) is 149 Å². The zero-order valence-corrected chi connectivity index (χ0v) is 34.2. The highest BCUT2D eigenvalue weighted by molar-refractivity contribution is 7.47. The molecule has 0 rings (SSSR count). The van der Waals surface area contributed by atoms with Gasteiger partial charge in [-0.1, -0.05) is 132 Å². The van der Waals surface area contributed by atoms with Gasteiger partial charge in [0.15, 0.2) is 0 Å². The maximum absolute atomic E-state index is 12.8. The summed E-state index contributed by atoms with van der Waals surface area (Å²) >= 11 is 0. The number of likely N-dealkylation sites (N-methyl/N-ethyl adjacent to an activating group) is 1. The van der Waals surface area contributed by atoms with Crippen molar-refractivity contribution < 1.29 is 32.9 Å². The smallest absolute Gasteiger partial charge is 0.387 e. The molecule has 0 aliphatic carbocycles. The fourth-order valence-corrected chi connectivity index (χ4v) is 5.88. The van der Waals surface area contributed by atoms with Gasteiger partial charge < -0.3 is 19.8 Å². The van der Waals surface area contributed by atoms with E-state index in [2.05, 4.69) is 67.8 Å². The lowest BCUT2D eigenvalue weighted by atomic mass is 10.1. The van der Waals surface area contributed by atoms with Crippen LogP contribution >= 0.6 is 7.82 Å². The Balaban J connectivity index is 4.55. The van der Waals surface area contributed by atoms with Crippen molar-refractivity contribution in [3.8, 4) is 0 Å². The molecule has 1 amide bonds. The normalized spacial score (nSPS) is 15.2. The average molecular weight is 738 g/mol. The Hall–Kier alpha value is -1.80. The van der Waals surface area contributed by atoms with Crippen LogP contribution in [-0.2, 0) is 18.4 Å². The number of nitrogens with zero attached hydrogens (tertiary/aromatic N) is 1. The highest BCUT2D eigenvalue weighted by Crippen LogP contribution is 2.43. The number of carbonyl (C=O) groups excluding carboxylic acids is 1. The molecule has 3 atom stereocenters.